The van der Waals surface area contributed by atoms with Gasteiger partial charge in [0.25, 0.3) is 0 Å². The molecule has 0 saturated carbocycles. The molecule has 1 aromatic heterocycles. The Kier molecular flexibility index (Phi) is 5.04. The molecule has 0 spiro atoms. The molecule has 8 heteroatoms. The maximum Gasteiger partial charge on any atom is 0.416 e. The number of para-hydroxylation sites is 2. The van der Waals surface area contributed by atoms with E-state index in [0.29, 0.717) is 22.7 Å². The monoisotopic (exact) mass is 401 g/mol. The maximum absolute atomic E-state index is 13.3. The highest BCUT2D eigenvalue weighted by atomic mass is 19.4. The molecular weight excluding hydrogens is 379 g/mol. The van der Waals surface area contributed by atoms with Crippen molar-refractivity contribution >= 4 is 28.2 Å². The summed E-state index contributed by atoms with van der Waals surface area (Å²) in [6, 6.07) is 11.3. The highest BCUT2D eigenvalue weighted by Gasteiger charge is 2.32. The molecule has 0 amide bonds. The number of aryl methyl sites for hydroxylation is 1. The normalized spacial score (nSPS) is 15.7. The minimum Gasteiger partial charge on any atom is -0.367 e. The molecule has 1 fully saturated rings. The fraction of sp³-hybridized carbons (Fsp3) is 0.333. The van der Waals surface area contributed by atoms with Crippen LogP contribution in [0.2, 0.25) is 0 Å². The van der Waals surface area contributed by atoms with Gasteiger partial charge in [-0.25, -0.2) is 9.97 Å². The SMILES string of the molecule is Cc1nc2ccccc2nc1Nc1cc(C(F)(F)F)ccc1N1CCN(C)CC1. The predicted octanol–water partition coefficient (Wildman–Crippen LogP) is 4.45. The highest BCUT2D eigenvalue weighted by Crippen LogP contribution is 2.37. The lowest BCUT2D eigenvalue weighted by atomic mass is 10.1. The molecule has 5 nitrogen and oxygen atoms in total. The average Bonchev–Trinajstić information content (AvgIpc) is 2.68. The van der Waals surface area contributed by atoms with Crippen LogP contribution >= 0.6 is 0 Å². The summed E-state index contributed by atoms with van der Waals surface area (Å²) in [4.78, 5) is 13.4. The smallest absolute Gasteiger partial charge is 0.367 e. The van der Waals surface area contributed by atoms with Crippen LogP contribution in [0.15, 0.2) is 42.5 Å². The number of fused-ring (bicyclic) bond motifs is 1. The number of alkyl halides is 3. The second-order valence-electron chi connectivity index (χ2n) is 7.29. The fourth-order valence-corrected chi connectivity index (χ4v) is 3.47. The molecule has 2 heterocycles. The summed E-state index contributed by atoms with van der Waals surface area (Å²) in [6.07, 6.45) is -4.42. The first-order valence-corrected chi connectivity index (χ1v) is 9.46. The van der Waals surface area contributed by atoms with Gasteiger partial charge in [0.15, 0.2) is 5.82 Å². The van der Waals surface area contributed by atoms with Gasteiger partial charge >= 0.3 is 6.18 Å². The fourth-order valence-electron chi connectivity index (χ4n) is 3.47. The number of aromatic nitrogens is 2. The zero-order chi connectivity index (χ0) is 20.6. The zero-order valence-electron chi connectivity index (χ0n) is 16.3. The summed E-state index contributed by atoms with van der Waals surface area (Å²) in [5, 5.41) is 3.13. The van der Waals surface area contributed by atoms with E-state index in [0.717, 1.165) is 49.5 Å². The Labute approximate surface area is 167 Å². The van der Waals surface area contributed by atoms with E-state index in [1.165, 1.54) is 0 Å². The number of hydrogen-bond donors (Lipinski definition) is 1. The van der Waals surface area contributed by atoms with Crippen LogP contribution in [-0.2, 0) is 6.18 Å². The third-order valence-corrected chi connectivity index (χ3v) is 5.17. The largest absolute Gasteiger partial charge is 0.416 e. The first kappa shape index (κ1) is 19.4. The summed E-state index contributed by atoms with van der Waals surface area (Å²) in [7, 11) is 2.04. The minimum atomic E-state index is -4.42. The number of likely N-dealkylation sites (N-methyl/N-ethyl adjacent to an activating group) is 1. The summed E-state index contributed by atoms with van der Waals surface area (Å²) in [6.45, 7) is 5.01. The van der Waals surface area contributed by atoms with Gasteiger partial charge in [0.1, 0.15) is 0 Å². The van der Waals surface area contributed by atoms with E-state index in [1.807, 2.05) is 31.3 Å². The Morgan fingerprint density at radius 3 is 2.24 bits per heavy atom. The van der Waals surface area contributed by atoms with Crippen molar-refractivity contribution in [3.05, 3.63) is 53.7 Å². The number of nitrogens with one attached hydrogen (secondary N) is 1. The van der Waals surface area contributed by atoms with Gasteiger partial charge in [0, 0.05) is 26.2 Å². The van der Waals surface area contributed by atoms with Crippen molar-refractivity contribution in [2.75, 3.05) is 43.4 Å². The van der Waals surface area contributed by atoms with E-state index >= 15 is 0 Å². The lowest BCUT2D eigenvalue weighted by Crippen LogP contribution is -2.44. The number of piperazine rings is 1. The number of hydrogen-bond acceptors (Lipinski definition) is 5. The lowest BCUT2D eigenvalue weighted by molar-refractivity contribution is -0.137. The molecule has 1 aliphatic rings. The summed E-state index contributed by atoms with van der Waals surface area (Å²) < 4.78 is 40.0. The van der Waals surface area contributed by atoms with Crippen LogP contribution in [0.4, 0.5) is 30.4 Å². The molecule has 3 aromatic rings. The molecule has 2 aromatic carbocycles. The predicted molar refractivity (Wildman–Crippen MR) is 109 cm³/mol. The van der Waals surface area contributed by atoms with Crippen LogP contribution in [0.5, 0.6) is 0 Å². The van der Waals surface area contributed by atoms with Crippen LogP contribution in [0.3, 0.4) is 0 Å². The standard InChI is InChI=1S/C21H22F3N5/c1-14-20(26-17-6-4-3-5-16(17)25-14)27-18-13-15(21(22,23)24)7-8-19(18)29-11-9-28(2)10-12-29/h3-8,13H,9-12H2,1-2H3,(H,26,27). The number of anilines is 3. The van der Waals surface area contributed by atoms with Crippen LogP contribution in [0, 0.1) is 6.92 Å². The maximum atomic E-state index is 13.3. The van der Waals surface area contributed by atoms with Crippen molar-refractivity contribution in [2.45, 2.75) is 13.1 Å². The van der Waals surface area contributed by atoms with Crippen LogP contribution in [0.25, 0.3) is 11.0 Å². The molecule has 0 atom stereocenters. The van der Waals surface area contributed by atoms with Crippen LogP contribution in [0.1, 0.15) is 11.3 Å². The molecule has 1 saturated heterocycles. The Bertz CT molecular complexity index is 1030. The third-order valence-electron chi connectivity index (χ3n) is 5.17. The molecule has 0 radical (unpaired) electrons. The van der Waals surface area contributed by atoms with Crippen molar-refractivity contribution < 1.29 is 13.2 Å². The van der Waals surface area contributed by atoms with Crippen molar-refractivity contribution in [2.24, 2.45) is 0 Å². The minimum absolute atomic E-state index is 0.386. The average molecular weight is 401 g/mol. The van der Waals surface area contributed by atoms with Gasteiger partial charge in [0.2, 0.25) is 0 Å². The molecule has 0 unspecified atom stereocenters. The molecule has 29 heavy (non-hydrogen) atoms. The Morgan fingerprint density at radius 2 is 1.59 bits per heavy atom. The lowest BCUT2D eigenvalue weighted by Gasteiger charge is -2.35. The molecule has 152 valence electrons. The van der Waals surface area contributed by atoms with Crippen molar-refractivity contribution in [3.8, 4) is 0 Å². The van der Waals surface area contributed by atoms with E-state index in [1.54, 1.807) is 13.0 Å². The number of rotatable bonds is 3. The highest BCUT2D eigenvalue weighted by molar-refractivity contribution is 5.80. The van der Waals surface area contributed by atoms with Gasteiger partial charge in [-0.3, -0.25) is 0 Å². The summed E-state index contributed by atoms with van der Waals surface area (Å²) in [5.74, 6) is 0.457. The molecule has 0 aliphatic carbocycles. The van der Waals surface area contributed by atoms with Gasteiger partial charge in [-0.1, -0.05) is 12.1 Å². The van der Waals surface area contributed by atoms with Crippen LogP contribution in [-0.4, -0.2) is 48.1 Å². The van der Waals surface area contributed by atoms with Crippen molar-refractivity contribution in [3.63, 3.8) is 0 Å². The van der Waals surface area contributed by atoms with Crippen LogP contribution < -0.4 is 10.2 Å². The third kappa shape index (κ3) is 4.12. The molecule has 1 N–H and O–H groups in total. The van der Waals surface area contributed by atoms with Gasteiger partial charge in [-0.2, -0.15) is 13.2 Å². The second-order valence-corrected chi connectivity index (χ2v) is 7.29. The van der Waals surface area contributed by atoms with E-state index < -0.39 is 11.7 Å². The first-order chi connectivity index (χ1) is 13.8. The Balaban J connectivity index is 1.75. The Morgan fingerprint density at radius 1 is 0.931 bits per heavy atom. The van der Waals surface area contributed by atoms with E-state index in [2.05, 4.69) is 25.1 Å². The molecule has 1 aliphatic heterocycles. The Hall–Kier alpha value is -2.87. The summed E-state index contributed by atoms with van der Waals surface area (Å²) in [5.41, 5.74) is 2.50. The van der Waals surface area contributed by atoms with Gasteiger partial charge in [-0.05, 0) is 44.3 Å². The molecule has 0 bridgehead atoms. The zero-order valence-corrected chi connectivity index (χ0v) is 16.3. The molecular formula is C21H22F3N5. The van der Waals surface area contributed by atoms with Gasteiger partial charge in [-0.15, -0.1) is 0 Å². The number of nitrogens with zero attached hydrogens (tertiary/aromatic N) is 4. The van der Waals surface area contributed by atoms with Crippen molar-refractivity contribution in [1.82, 2.24) is 14.9 Å². The van der Waals surface area contributed by atoms with Crippen molar-refractivity contribution in [1.29, 1.82) is 0 Å². The second kappa shape index (κ2) is 7.51. The summed E-state index contributed by atoms with van der Waals surface area (Å²) >= 11 is 0. The quantitative estimate of drug-likeness (QED) is 0.702. The first-order valence-electron chi connectivity index (χ1n) is 9.46. The van der Waals surface area contributed by atoms with Gasteiger partial charge < -0.3 is 15.1 Å². The number of halogens is 3. The van der Waals surface area contributed by atoms with E-state index in [4.69, 9.17) is 0 Å². The van der Waals surface area contributed by atoms with E-state index in [-0.39, 0.29) is 0 Å². The van der Waals surface area contributed by atoms with Gasteiger partial charge in [0.05, 0.1) is 33.7 Å². The topological polar surface area (TPSA) is 44.3 Å². The number of benzene rings is 2. The molecule has 4 rings (SSSR count). The van der Waals surface area contributed by atoms with E-state index in [9.17, 15) is 13.2 Å².